The summed E-state index contributed by atoms with van der Waals surface area (Å²) in [6.45, 7) is 1.62. The summed E-state index contributed by atoms with van der Waals surface area (Å²) >= 11 is 15.8. The van der Waals surface area contributed by atoms with Crippen LogP contribution in [0.5, 0.6) is 0 Å². The first-order valence-electron chi connectivity index (χ1n) is 9.33. The molecular formula is C18H15Cl2N5O5S3. The lowest BCUT2D eigenvalue weighted by Crippen LogP contribution is -2.70. The van der Waals surface area contributed by atoms with Gasteiger partial charge in [0.25, 0.3) is 5.91 Å². The average molecular weight is 548 g/mol. The van der Waals surface area contributed by atoms with Crippen LogP contribution in [0, 0.1) is 6.92 Å². The van der Waals surface area contributed by atoms with E-state index in [1.807, 2.05) is 6.92 Å². The van der Waals surface area contributed by atoms with Crippen LogP contribution in [-0.2, 0) is 20.9 Å². The number of β-lactam (4-membered cyclic amide) rings is 1. The van der Waals surface area contributed by atoms with Crippen LogP contribution in [0.15, 0.2) is 32.8 Å². The summed E-state index contributed by atoms with van der Waals surface area (Å²) in [5, 5.41) is 20.4. The van der Waals surface area contributed by atoms with E-state index in [0.29, 0.717) is 17.1 Å². The van der Waals surface area contributed by atoms with Gasteiger partial charge in [-0.3, -0.25) is 19.3 Å². The molecule has 0 bridgehead atoms. The number of rotatable bonds is 7. The molecule has 0 aromatic carbocycles. The summed E-state index contributed by atoms with van der Waals surface area (Å²) in [5.41, 5.74) is 0.0147. The number of fused-ring (bicyclic) bond motifs is 1. The fourth-order valence-electron chi connectivity index (χ4n) is 3.32. The molecule has 2 atom stereocenters. The Morgan fingerprint density at radius 2 is 1.97 bits per heavy atom. The molecule has 0 radical (unpaired) electrons. The van der Waals surface area contributed by atoms with Crippen molar-refractivity contribution in [2.24, 2.45) is 0 Å². The fourth-order valence-corrected chi connectivity index (χ4v) is 7.12. The van der Waals surface area contributed by atoms with Crippen LogP contribution in [0.3, 0.4) is 0 Å². The largest absolute Gasteiger partial charge is 0.477 e. The molecule has 2 amide bonds. The summed E-state index contributed by atoms with van der Waals surface area (Å²) in [7, 11) is 0. The van der Waals surface area contributed by atoms with E-state index in [-0.39, 0.29) is 22.3 Å². The lowest BCUT2D eigenvalue weighted by atomic mass is 10.0. The molecule has 1 fully saturated rings. The van der Waals surface area contributed by atoms with Crippen molar-refractivity contribution >= 4 is 75.8 Å². The molecule has 2 aromatic heterocycles. The summed E-state index contributed by atoms with van der Waals surface area (Å²) in [4.78, 5) is 50.0. The summed E-state index contributed by atoms with van der Waals surface area (Å²) in [6.07, 6.45) is 2.54. The standard InChI is InChI=1S/C18H15Cl2N5O5S3/c1-7-22-23-18(33-7)32-6-8-5-31-16-12(15(28)25(16)13(8)17(29)30)21-11(26)4-24-2-9(19)14(27)10(20)3-24/h2-3,12,16H,4-6H2,1H3,(H,21,26)(H,29,30)/t12?,16-/m0/s1. The molecule has 2 aliphatic heterocycles. The van der Waals surface area contributed by atoms with Gasteiger partial charge in [0.05, 0.1) is 0 Å². The van der Waals surface area contributed by atoms with Crippen LogP contribution in [0.2, 0.25) is 10.0 Å². The number of nitrogens with zero attached hydrogens (tertiary/aromatic N) is 4. The van der Waals surface area contributed by atoms with E-state index in [1.165, 1.54) is 56.7 Å². The summed E-state index contributed by atoms with van der Waals surface area (Å²) < 4.78 is 2.06. The van der Waals surface area contributed by atoms with E-state index in [1.54, 1.807) is 0 Å². The number of aliphatic carboxylic acids is 1. The van der Waals surface area contributed by atoms with Crippen LogP contribution in [-0.4, -0.2) is 65.5 Å². The van der Waals surface area contributed by atoms with Crippen molar-refractivity contribution in [3.63, 3.8) is 0 Å². The quantitative estimate of drug-likeness (QED) is 0.393. The number of nitrogens with one attached hydrogen (secondary N) is 1. The third kappa shape index (κ3) is 4.92. The van der Waals surface area contributed by atoms with Gasteiger partial charge in [-0.15, -0.1) is 22.0 Å². The first-order chi connectivity index (χ1) is 15.7. The van der Waals surface area contributed by atoms with Gasteiger partial charge in [-0.1, -0.05) is 46.3 Å². The number of aromatic nitrogens is 3. The molecule has 0 aliphatic carbocycles. The molecule has 15 heteroatoms. The topological polar surface area (TPSA) is 134 Å². The normalized spacial score (nSPS) is 19.8. The van der Waals surface area contributed by atoms with E-state index in [2.05, 4.69) is 15.5 Å². The fraction of sp³-hybridized carbons (Fsp3) is 0.333. The molecule has 174 valence electrons. The highest BCUT2D eigenvalue weighted by Crippen LogP contribution is 2.41. The van der Waals surface area contributed by atoms with E-state index < -0.39 is 34.6 Å². The van der Waals surface area contributed by atoms with Crippen LogP contribution < -0.4 is 10.7 Å². The molecule has 4 heterocycles. The lowest BCUT2D eigenvalue weighted by Gasteiger charge is -2.49. The van der Waals surface area contributed by atoms with Crippen molar-refractivity contribution in [2.75, 3.05) is 11.5 Å². The van der Waals surface area contributed by atoms with E-state index in [4.69, 9.17) is 23.2 Å². The van der Waals surface area contributed by atoms with Crippen LogP contribution >= 0.6 is 58.1 Å². The molecular weight excluding hydrogens is 533 g/mol. The number of carbonyl (C=O) groups is 3. The molecule has 2 aromatic rings. The Kier molecular flexibility index (Phi) is 7.05. The van der Waals surface area contributed by atoms with Crippen molar-refractivity contribution in [1.29, 1.82) is 0 Å². The smallest absolute Gasteiger partial charge is 0.352 e. The Labute approximate surface area is 209 Å². The second kappa shape index (κ2) is 9.66. The second-order valence-electron chi connectivity index (χ2n) is 7.04. The van der Waals surface area contributed by atoms with E-state index in [0.717, 1.165) is 9.35 Å². The highest BCUT2D eigenvalue weighted by molar-refractivity contribution is 8.01. The van der Waals surface area contributed by atoms with Crippen LogP contribution in [0.25, 0.3) is 0 Å². The average Bonchev–Trinajstić information content (AvgIpc) is 3.18. The highest BCUT2D eigenvalue weighted by atomic mass is 35.5. The Bertz CT molecular complexity index is 1220. The Balaban J connectivity index is 1.43. The van der Waals surface area contributed by atoms with E-state index in [9.17, 15) is 24.3 Å². The maximum Gasteiger partial charge on any atom is 0.352 e. The zero-order valence-electron chi connectivity index (χ0n) is 16.8. The lowest BCUT2D eigenvalue weighted by molar-refractivity contribution is -0.150. The number of aryl methyl sites for hydroxylation is 1. The van der Waals surface area contributed by atoms with Crippen molar-refractivity contribution in [2.45, 2.75) is 29.2 Å². The molecule has 1 unspecified atom stereocenters. The minimum absolute atomic E-state index is 0.0537. The number of hydrogen-bond acceptors (Lipinski definition) is 9. The van der Waals surface area contributed by atoms with Crippen LogP contribution in [0.4, 0.5) is 0 Å². The molecule has 33 heavy (non-hydrogen) atoms. The monoisotopic (exact) mass is 547 g/mol. The molecule has 0 saturated carbocycles. The molecule has 2 aliphatic rings. The molecule has 4 rings (SSSR count). The van der Waals surface area contributed by atoms with Crippen LogP contribution in [0.1, 0.15) is 5.01 Å². The minimum Gasteiger partial charge on any atom is -0.477 e. The third-order valence-corrected chi connectivity index (χ3v) is 8.70. The number of hydrogen-bond donors (Lipinski definition) is 2. The Hall–Kier alpha value is -2.06. The van der Waals surface area contributed by atoms with Gasteiger partial charge in [-0.05, 0) is 12.5 Å². The number of amides is 2. The number of pyridine rings is 1. The zero-order chi connectivity index (χ0) is 23.9. The predicted octanol–water partition coefficient (Wildman–Crippen LogP) is 1.85. The molecule has 10 nitrogen and oxygen atoms in total. The van der Waals surface area contributed by atoms with Gasteiger partial charge < -0.3 is 15.0 Å². The number of carboxylic acids is 1. The summed E-state index contributed by atoms with van der Waals surface area (Å²) in [5.74, 6) is -1.43. The SMILES string of the molecule is Cc1nnc(SCC2=C(C(=O)O)N3C(=O)C(NC(=O)Cn4cc(Cl)c(=O)c(Cl)c4)[C@@H]3SC2)s1. The van der Waals surface area contributed by atoms with Gasteiger partial charge in [0.2, 0.25) is 11.3 Å². The van der Waals surface area contributed by atoms with Crippen molar-refractivity contribution < 1.29 is 19.5 Å². The highest BCUT2D eigenvalue weighted by Gasteiger charge is 2.54. The van der Waals surface area contributed by atoms with Gasteiger partial charge >= 0.3 is 5.97 Å². The second-order valence-corrected chi connectivity index (χ2v) is 11.4. The maximum atomic E-state index is 12.8. The maximum absolute atomic E-state index is 12.8. The van der Waals surface area contributed by atoms with Gasteiger partial charge in [0, 0.05) is 23.9 Å². The predicted molar refractivity (Wildman–Crippen MR) is 126 cm³/mol. The van der Waals surface area contributed by atoms with Gasteiger partial charge in [0.1, 0.15) is 38.7 Å². The van der Waals surface area contributed by atoms with Crippen molar-refractivity contribution in [1.82, 2.24) is 25.0 Å². The molecule has 2 N–H and O–H groups in total. The van der Waals surface area contributed by atoms with Gasteiger partial charge in [0.15, 0.2) is 4.34 Å². The number of halogens is 2. The van der Waals surface area contributed by atoms with Gasteiger partial charge in [-0.25, -0.2) is 4.79 Å². The summed E-state index contributed by atoms with van der Waals surface area (Å²) in [6, 6.07) is -0.859. The first-order valence-corrected chi connectivity index (χ1v) is 12.9. The zero-order valence-corrected chi connectivity index (χ0v) is 20.7. The first kappa shape index (κ1) is 24.1. The minimum atomic E-state index is -1.19. The molecule has 1 saturated heterocycles. The Morgan fingerprint density at radius 1 is 1.27 bits per heavy atom. The van der Waals surface area contributed by atoms with Gasteiger partial charge in [-0.2, -0.15) is 0 Å². The van der Waals surface area contributed by atoms with E-state index >= 15 is 0 Å². The van der Waals surface area contributed by atoms with Crippen molar-refractivity contribution in [3.05, 3.63) is 48.9 Å². The molecule has 0 spiro atoms. The number of carboxylic acid groups (broad SMARTS) is 1. The Morgan fingerprint density at radius 3 is 2.58 bits per heavy atom. The number of carbonyl (C=O) groups excluding carboxylic acids is 2. The van der Waals surface area contributed by atoms with Crippen molar-refractivity contribution in [3.8, 4) is 0 Å². The number of thioether (sulfide) groups is 2. The third-order valence-electron chi connectivity index (χ3n) is 4.76.